The lowest BCUT2D eigenvalue weighted by molar-refractivity contribution is 0.472. The average Bonchev–Trinajstić information content (AvgIpc) is 2.47. The molecule has 0 aliphatic rings. The molecule has 0 atom stereocenters. The number of nitrogens with zero attached hydrogens (tertiary/aromatic N) is 1. The molecular weight excluding hydrogens is 302 g/mol. The first-order chi connectivity index (χ1) is 9.84. The Morgan fingerprint density at radius 3 is 2.29 bits per heavy atom. The highest BCUT2D eigenvalue weighted by Gasteiger charge is 2.26. The number of hydrogen-bond acceptors (Lipinski definition) is 4. The summed E-state index contributed by atoms with van der Waals surface area (Å²) < 4.78 is 24.8. The van der Waals surface area contributed by atoms with Gasteiger partial charge in [0.2, 0.25) is 0 Å². The number of pyridine rings is 1. The highest BCUT2D eigenvalue weighted by Crippen LogP contribution is 2.26. The van der Waals surface area contributed by atoms with Crippen LogP contribution in [0.25, 0.3) is 11.1 Å². The topological polar surface area (TPSA) is 47.0 Å². The number of sulfone groups is 1. The van der Waals surface area contributed by atoms with E-state index in [0.29, 0.717) is 10.6 Å². The predicted octanol–water partition coefficient (Wildman–Crippen LogP) is 3.48. The number of hydrogen-bond donors (Lipinski definition) is 1. The fourth-order valence-electron chi connectivity index (χ4n) is 2.03. The minimum atomic E-state index is -3.29. The third-order valence-corrected chi connectivity index (χ3v) is 6.23. The van der Waals surface area contributed by atoms with Crippen LogP contribution in [0.15, 0.2) is 53.7 Å². The quantitative estimate of drug-likeness (QED) is 0.858. The van der Waals surface area contributed by atoms with Crippen molar-refractivity contribution in [3.8, 4) is 11.1 Å². The van der Waals surface area contributed by atoms with Gasteiger partial charge in [0.25, 0.3) is 0 Å². The largest absolute Gasteiger partial charge is 0.264 e. The Morgan fingerprint density at radius 1 is 1.10 bits per heavy atom. The molecule has 5 heteroatoms. The highest BCUT2D eigenvalue weighted by molar-refractivity contribution is 7.91. The third-order valence-electron chi connectivity index (χ3n) is 3.22. The first-order valence-electron chi connectivity index (χ1n) is 6.68. The molecule has 2 rings (SSSR count). The molecule has 0 aliphatic heterocycles. The summed E-state index contributed by atoms with van der Waals surface area (Å²) in [5, 5.41) is 0. The van der Waals surface area contributed by atoms with Crippen LogP contribution >= 0.6 is 12.6 Å². The molecule has 0 saturated carbocycles. The van der Waals surface area contributed by atoms with Gasteiger partial charge in [-0.2, -0.15) is 12.6 Å². The van der Waals surface area contributed by atoms with Gasteiger partial charge >= 0.3 is 0 Å². The number of rotatable bonds is 5. The molecule has 0 N–H and O–H groups in total. The molecule has 0 bridgehead atoms. The maximum Gasteiger partial charge on any atom is 0.178 e. The van der Waals surface area contributed by atoms with Crippen LogP contribution in [0.1, 0.15) is 13.8 Å². The van der Waals surface area contributed by atoms with E-state index in [9.17, 15) is 8.42 Å². The zero-order valence-electron chi connectivity index (χ0n) is 12.2. The Kier molecular flexibility index (Phi) is 4.74. The molecule has 0 radical (unpaired) electrons. The van der Waals surface area contributed by atoms with Crippen molar-refractivity contribution in [2.75, 3.05) is 11.5 Å². The summed E-state index contributed by atoms with van der Waals surface area (Å²) in [7, 11) is -3.29. The molecule has 2 aromatic rings. The van der Waals surface area contributed by atoms with Crippen molar-refractivity contribution < 1.29 is 8.42 Å². The second-order valence-electron chi connectivity index (χ2n) is 5.85. The van der Waals surface area contributed by atoms with Crippen molar-refractivity contribution in [2.45, 2.75) is 18.7 Å². The highest BCUT2D eigenvalue weighted by atomic mass is 32.2. The Hall–Kier alpha value is -1.33. The number of thiol groups is 1. The Morgan fingerprint density at radius 2 is 1.76 bits per heavy atom. The summed E-state index contributed by atoms with van der Waals surface area (Å²) in [5.41, 5.74) is 1.58. The lowest BCUT2D eigenvalue weighted by atomic mass is 10.0. The standard InChI is InChI=1S/C16H19NO2S2/c1-16(2,11-20)12-21(18,19)15-7-5-13(6-8-15)14-4-3-9-17-10-14/h3-10,20H,11-12H2,1-2H3. The van der Waals surface area contributed by atoms with Gasteiger partial charge in [-0.3, -0.25) is 4.98 Å². The van der Waals surface area contributed by atoms with Crippen LogP contribution in [0.3, 0.4) is 0 Å². The summed E-state index contributed by atoms with van der Waals surface area (Å²) in [6.45, 7) is 3.81. The van der Waals surface area contributed by atoms with Crippen molar-refractivity contribution in [1.82, 2.24) is 4.98 Å². The van der Waals surface area contributed by atoms with E-state index in [-0.39, 0.29) is 11.2 Å². The van der Waals surface area contributed by atoms with Crippen LogP contribution in [0.5, 0.6) is 0 Å². The molecule has 0 aliphatic carbocycles. The summed E-state index contributed by atoms with van der Waals surface area (Å²) in [4.78, 5) is 4.42. The molecule has 0 unspecified atom stereocenters. The molecule has 1 aromatic heterocycles. The predicted molar refractivity (Wildman–Crippen MR) is 89.4 cm³/mol. The molecule has 0 saturated heterocycles. The molecule has 3 nitrogen and oxygen atoms in total. The lowest BCUT2D eigenvalue weighted by Crippen LogP contribution is -2.25. The monoisotopic (exact) mass is 321 g/mol. The SMILES string of the molecule is CC(C)(CS)CS(=O)(=O)c1ccc(-c2cccnc2)cc1. The van der Waals surface area contributed by atoms with Gasteiger partial charge in [-0.25, -0.2) is 8.42 Å². The first kappa shape index (κ1) is 16.0. The summed E-state index contributed by atoms with van der Waals surface area (Å²) in [6.07, 6.45) is 3.47. The van der Waals surface area contributed by atoms with Gasteiger partial charge < -0.3 is 0 Å². The van der Waals surface area contributed by atoms with Crippen molar-refractivity contribution in [3.63, 3.8) is 0 Å². The van der Waals surface area contributed by atoms with Gasteiger partial charge in [-0.1, -0.05) is 32.0 Å². The van der Waals surface area contributed by atoms with Crippen LogP contribution in [0.4, 0.5) is 0 Å². The second kappa shape index (κ2) is 6.20. The molecule has 112 valence electrons. The average molecular weight is 321 g/mol. The van der Waals surface area contributed by atoms with Gasteiger partial charge in [-0.15, -0.1) is 0 Å². The maximum absolute atomic E-state index is 12.4. The van der Waals surface area contributed by atoms with Crippen molar-refractivity contribution >= 4 is 22.5 Å². The van der Waals surface area contributed by atoms with Crippen molar-refractivity contribution in [1.29, 1.82) is 0 Å². The van der Waals surface area contributed by atoms with Crippen LogP contribution in [0.2, 0.25) is 0 Å². The smallest absolute Gasteiger partial charge is 0.178 e. The normalized spacial score (nSPS) is 12.3. The molecular formula is C16H19NO2S2. The lowest BCUT2D eigenvalue weighted by Gasteiger charge is -2.21. The van der Waals surface area contributed by atoms with E-state index in [4.69, 9.17) is 0 Å². The van der Waals surface area contributed by atoms with Gasteiger partial charge in [0.05, 0.1) is 10.6 Å². The molecule has 1 heterocycles. The Balaban J connectivity index is 2.27. The maximum atomic E-state index is 12.4. The minimum absolute atomic E-state index is 0.0930. The molecule has 0 spiro atoms. The van der Waals surface area contributed by atoms with E-state index >= 15 is 0 Å². The van der Waals surface area contributed by atoms with Crippen LogP contribution in [-0.2, 0) is 9.84 Å². The van der Waals surface area contributed by atoms with E-state index in [1.807, 2.05) is 38.1 Å². The van der Waals surface area contributed by atoms with Gasteiger partial charge in [0.1, 0.15) is 0 Å². The third kappa shape index (κ3) is 4.08. The first-order valence-corrected chi connectivity index (χ1v) is 8.97. The zero-order chi connectivity index (χ0) is 15.5. The van der Waals surface area contributed by atoms with Crippen molar-refractivity contribution in [2.24, 2.45) is 5.41 Å². The van der Waals surface area contributed by atoms with Crippen LogP contribution < -0.4 is 0 Å². The van der Waals surface area contributed by atoms with E-state index in [2.05, 4.69) is 17.6 Å². The molecule has 21 heavy (non-hydrogen) atoms. The number of aromatic nitrogens is 1. The van der Waals surface area contributed by atoms with Gasteiger partial charge in [0.15, 0.2) is 9.84 Å². The molecule has 1 aromatic carbocycles. The fourth-order valence-corrected chi connectivity index (χ4v) is 4.14. The van der Waals surface area contributed by atoms with Gasteiger partial charge in [0, 0.05) is 12.4 Å². The summed E-state index contributed by atoms with van der Waals surface area (Å²) >= 11 is 4.22. The Labute approximate surface area is 131 Å². The van der Waals surface area contributed by atoms with E-state index < -0.39 is 9.84 Å². The van der Waals surface area contributed by atoms with Crippen LogP contribution in [-0.4, -0.2) is 24.9 Å². The van der Waals surface area contributed by atoms with Gasteiger partial charge in [-0.05, 0) is 40.5 Å². The van der Waals surface area contributed by atoms with E-state index in [1.165, 1.54) is 0 Å². The Bertz CT molecular complexity index is 693. The number of benzene rings is 1. The summed E-state index contributed by atoms with van der Waals surface area (Å²) in [6, 6.07) is 10.8. The minimum Gasteiger partial charge on any atom is -0.264 e. The molecule has 0 fully saturated rings. The summed E-state index contributed by atoms with van der Waals surface area (Å²) in [5.74, 6) is 0.621. The second-order valence-corrected chi connectivity index (χ2v) is 8.15. The van der Waals surface area contributed by atoms with E-state index in [1.54, 1.807) is 24.5 Å². The zero-order valence-corrected chi connectivity index (χ0v) is 13.9. The van der Waals surface area contributed by atoms with Crippen LogP contribution in [0, 0.1) is 5.41 Å². The molecule has 0 amide bonds. The fraction of sp³-hybridized carbons (Fsp3) is 0.312. The van der Waals surface area contributed by atoms with Crippen molar-refractivity contribution in [3.05, 3.63) is 48.8 Å². The van der Waals surface area contributed by atoms with E-state index in [0.717, 1.165) is 11.1 Å².